The number of benzene rings is 1. The molecule has 12 heteroatoms. The summed E-state index contributed by atoms with van der Waals surface area (Å²) in [4.78, 5) is 41.6. The molecule has 0 spiro atoms. The Hall–Kier alpha value is -2.80. The fraction of sp³-hybridized carbons (Fsp3) is 0.519. The highest BCUT2D eigenvalue weighted by molar-refractivity contribution is 7.89. The van der Waals surface area contributed by atoms with Gasteiger partial charge in [-0.15, -0.1) is 11.3 Å². The van der Waals surface area contributed by atoms with Gasteiger partial charge < -0.3 is 10.6 Å². The molecule has 212 valence electrons. The fourth-order valence-corrected chi connectivity index (χ4v) is 8.36. The molecular weight excluding hydrogens is 538 g/mol. The first-order valence-corrected chi connectivity index (χ1v) is 15.8. The third-order valence-electron chi connectivity index (χ3n) is 7.35. The predicted molar refractivity (Wildman–Crippen MR) is 152 cm³/mol. The van der Waals surface area contributed by atoms with E-state index in [4.69, 9.17) is 0 Å². The Labute approximate surface area is 234 Å². The maximum Gasteiger partial charge on any atom is 0.321 e. The highest BCUT2D eigenvalue weighted by Crippen LogP contribution is 2.37. The second-order valence-corrected chi connectivity index (χ2v) is 12.9. The predicted octanol–water partition coefficient (Wildman–Crippen LogP) is 3.79. The lowest BCUT2D eigenvalue weighted by atomic mass is 10.0. The van der Waals surface area contributed by atoms with Crippen LogP contribution in [0, 0.1) is 0 Å². The average Bonchev–Trinajstić information content (AvgIpc) is 3.30. The van der Waals surface area contributed by atoms with Crippen molar-refractivity contribution in [3.63, 3.8) is 0 Å². The molecule has 2 aromatic rings. The zero-order chi connectivity index (χ0) is 28.2. The number of rotatable bonds is 8. The van der Waals surface area contributed by atoms with Crippen molar-refractivity contribution in [3.8, 4) is 0 Å². The molecule has 1 unspecified atom stereocenters. The van der Waals surface area contributed by atoms with Crippen LogP contribution in [-0.2, 0) is 23.0 Å². The van der Waals surface area contributed by atoms with Crippen molar-refractivity contribution < 1.29 is 22.8 Å². The highest BCUT2D eigenvalue weighted by atomic mass is 32.2. The molecule has 39 heavy (non-hydrogen) atoms. The number of fused-ring (bicyclic) bond motifs is 1. The van der Waals surface area contributed by atoms with Crippen LogP contribution in [0.3, 0.4) is 0 Å². The summed E-state index contributed by atoms with van der Waals surface area (Å²) >= 11 is 1.34. The number of anilines is 1. The van der Waals surface area contributed by atoms with Crippen molar-refractivity contribution in [2.24, 2.45) is 0 Å². The van der Waals surface area contributed by atoms with E-state index in [2.05, 4.69) is 27.8 Å². The minimum Gasteiger partial charge on any atom is -0.341 e. The van der Waals surface area contributed by atoms with Crippen molar-refractivity contribution >= 4 is 44.2 Å². The van der Waals surface area contributed by atoms with Crippen LogP contribution in [0.5, 0.6) is 0 Å². The van der Waals surface area contributed by atoms with Crippen molar-refractivity contribution in [1.82, 2.24) is 19.8 Å². The van der Waals surface area contributed by atoms with E-state index in [-0.39, 0.29) is 16.5 Å². The first-order valence-electron chi connectivity index (χ1n) is 13.5. The molecule has 2 aliphatic rings. The minimum absolute atomic E-state index is 0.0100. The summed E-state index contributed by atoms with van der Waals surface area (Å²) in [6, 6.07) is 5.28. The van der Waals surface area contributed by atoms with Gasteiger partial charge in [0.25, 0.3) is 11.8 Å². The largest absolute Gasteiger partial charge is 0.341 e. The van der Waals surface area contributed by atoms with Gasteiger partial charge in [-0.1, -0.05) is 20.3 Å². The molecule has 1 fully saturated rings. The van der Waals surface area contributed by atoms with Gasteiger partial charge in [0.15, 0.2) is 0 Å². The van der Waals surface area contributed by atoms with Gasteiger partial charge >= 0.3 is 6.03 Å². The molecule has 0 radical (unpaired) electrons. The van der Waals surface area contributed by atoms with Gasteiger partial charge in [0.2, 0.25) is 10.0 Å². The highest BCUT2D eigenvalue weighted by Gasteiger charge is 2.33. The number of piperidine rings is 1. The molecule has 0 aliphatic carbocycles. The summed E-state index contributed by atoms with van der Waals surface area (Å²) in [5, 5.41) is 7.92. The lowest BCUT2D eigenvalue weighted by Gasteiger charge is -2.34. The number of nitrogens with zero attached hydrogens (tertiary/aromatic N) is 2. The van der Waals surface area contributed by atoms with E-state index in [1.165, 1.54) is 42.6 Å². The van der Waals surface area contributed by atoms with Crippen LogP contribution < -0.4 is 16.0 Å². The lowest BCUT2D eigenvalue weighted by Crippen LogP contribution is -2.43. The molecule has 2 aliphatic heterocycles. The average molecular weight is 576 g/mol. The van der Waals surface area contributed by atoms with E-state index in [1.54, 1.807) is 4.31 Å². The molecule has 1 saturated heterocycles. The van der Waals surface area contributed by atoms with Crippen LogP contribution >= 0.6 is 11.3 Å². The Morgan fingerprint density at radius 3 is 2.46 bits per heavy atom. The van der Waals surface area contributed by atoms with E-state index in [1.807, 2.05) is 6.92 Å². The van der Waals surface area contributed by atoms with Crippen LogP contribution in [-0.4, -0.2) is 68.2 Å². The zero-order valence-electron chi connectivity index (χ0n) is 22.7. The van der Waals surface area contributed by atoms with Crippen molar-refractivity contribution in [2.45, 2.75) is 69.9 Å². The molecule has 3 heterocycles. The van der Waals surface area contributed by atoms with E-state index in [9.17, 15) is 22.8 Å². The van der Waals surface area contributed by atoms with Gasteiger partial charge in [-0.2, -0.15) is 4.31 Å². The second-order valence-electron chi connectivity index (χ2n) is 9.92. The summed E-state index contributed by atoms with van der Waals surface area (Å²) in [7, 11) is -2.24. The number of sulfonamides is 1. The van der Waals surface area contributed by atoms with Gasteiger partial charge in [-0.25, -0.2) is 13.2 Å². The van der Waals surface area contributed by atoms with Crippen LogP contribution in [0.4, 0.5) is 9.80 Å². The molecular formula is C27H37N5O5S2. The SMILES string of the molecule is CCCN1CCc2c(sc(NC(=O)c3ccc(S(=O)(=O)N4CCCCC4CC)cc3)c2C(=O)NC(=O)NC)C1. The van der Waals surface area contributed by atoms with E-state index >= 15 is 0 Å². The zero-order valence-corrected chi connectivity index (χ0v) is 24.3. The summed E-state index contributed by atoms with van der Waals surface area (Å²) < 4.78 is 28.2. The first-order chi connectivity index (χ1) is 18.7. The molecule has 4 amide bonds. The number of thiophene rings is 1. The van der Waals surface area contributed by atoms with E-state index in [0.717, 1.165) is 55.6 Å². The third kappa shape index (κ3) is 6.34. The van der Waals surface area contributed by atoms with E-state index in [0.29, 0.717) is 30.1 Å². The molecule has 10 nitrogen and oxygen atoms in total. The Morgan fingerprint density at radius 1 is 1.05 bits per heavy atom. The van der Waals surface area contributed by atoms with Crippen molar-refractivity contribution in [1.29, 1.82) is 0 Å². The Balaban J connectivity index is 1.57. The lowest BCUT2D eigenvalue weighted by molar-refractivity contribution is 0.0964. The number of urea groups is 1. The third-order valence-corrected chi connectivity index (χ3v) is 10.4. The topological polar surface area (TPSA) is 128 Å². The number of hydrogen-bond acceptors (Lipinski definition) is 7. The Kier molecular flexibility index (Phi) is 9.42. The number of carbonyl (C=O) groups excluding carboxylic acids is 3. The van der Waals surface area contributed by atoms with Crippen LogP contribution in [0.15, 0.2) is 29.2 Å². The molecule has 1 aromatic heterocycles. The molecule has 1 atom stereocenters. The molecule has 0 saturated carbocycles. The summed E-state index contributed by atoms with van der Waals surface area (Å²) in [6.45, 7) is 7.01. The number of imide groups is 1. The van der Waals surface area contributed by atoms with Crippen LogP contribution in [0.2, 0.25) is 0 Å². The Morgan fingerprint density at radius 2 is 1.79 bits per heavy atom. The number of nitrogens with one attached hydrogen (secondary N) is 3. The van der Waals surface area contributed by atoms with Crippen molar-refractivity contribution in [3.05, 3.63) is 45.8 Å². The van der Waals surface area contributed by atoms with E-state index < -0.39 is 27.9 Å². The first kappa shape index (κ1) is 29.2. The quantitative estimate of drug-likeness (QED) is 0.440. The maximum atomic E-state index is 13.3. The molecule has 4 rings (SSSR count). The fourth-order valence-electron chi connectivity index (χ4n) is 5.31. The maximum absolute atomic E-state index is 13.3. The van der Waals surface area contributed by atoms with Crippen molar-refractivity contribution in [2.75, 3.05) is 32.0 Å². The number of hydrogen-bond donors (Lipinski definition) is 3. The number of amides is 4. The van der Waals surface area contributed by atoms with Gasteiger partial charge in [0.1, 0.15) is 5.00 Å². The summed E-state index contributed by atoms with van der Waals surface area (Å²) in [6.07, 6.45) is 5.13. The summed E-state index contributed by atoms with van der Waals surface area (Å²) in [5.74, 6) is -1.03. The number of carbonyl (C=O) groups is 3. The van der Waals surface area contributed by atoms with Crippen LogP contribution in [0.1, 0.15) is 77.1 Å². The normalized spacial score (nSPS) is 18.3. The van der Waals surface area contributed by atoms with Crippen LogP contribution in [0.25, 0.3) is 0 Å². The smallest absolute Gasteiger partial charge is 0.321 e. The van der Waals surface area contributed by atoms with Gasteiger partial charge in [-0.05, 0) is 68.5 Å². The summed E-state index contributed by atoms with van der Waals surface area (Å²) in [5.41, 5.74) is 1.42. The van der Waals surface area contributed by atoms with Gasteiger partial charge in [0, 0.05) is 43.2 Å². The standard InChI is InChI=1S/C27H37N5O5S2/c1-4-14-31-16-13-21-22(17-31)38-26(23(21)25(34)30-27(35)28-3)29-24(33)18-9-11-20(12-10-18)39(36,37)32-15-7-6-8-19(32)5-2/h9-12,19H,4-8,13-17H2,1-3H3,(H,29,33)(H2,28,30,34,35). The van der Waals surface area contributed by atoms with Gasteiger partial charge in [-0.3, -0.25) is 19.8 Å². The molecule has 3 N–H and O–H groups in total. The molecule has 0 bridgehead atoms. The second kappa shape index (κ2) is 12.6. The van der Waals surface area contributed by atoms with Gasteiger partial charge in [0.05, 0.1) is 10.5 Å². The minimum atomic E-state index is -3.66. The molecule has 1 aromatic carbocycles. The Bertz CT molecular complexity index is 1320. The monoisotopic (exact) mass is 575 g/mol.